The lowest BCUT2D eigenvalue weighted by Crippen LogP contribution is -2.32. The molecule has 1 saturated carbocycles. The first-order valence-electron chi connectivity index (χ1n) is 7.32. The van der Waals surface area contributed by atoms with Crippen molar-refractivity contribution in [2.45, 2.75) is 63.1 Å². The molecule has 0 aliphatic heterocycles. The first kappa shape index (κ1) is 15.5. The molecule has 0 radical (unpaired) electrons. The quantitative estimate of drug-likeness (QED) is 0.847. The average Bonchev–Trinajstić information content (AvgIpc) is 2.89. The van der Waals surface area contributed by atoms with Crippen LogP contribution in [-0.2, 0) is 16.6 Å². The van der Waals surface area contributed by atoms with Crippen LogP contribution in [0.25, 0.3) is 0 Å². The lowest BCUT2D eigenvalue weighted by atomic mass is 10.2. The van der Waals surface area contributed by atoms with Gasteiger partial charge >= 0.3 is 0 Å². The Morgan fingerprint density at radius 3 is 2.60 bits per heavy atom. The van der Waals surface area contributed by atoms with Crippen LogP contribution in [0.3, 0.4) is 0 Å². The van der Waals surface area contributed by atoms with Gasteiger partial charge in [-0.2, -0.15) is 0 Å². The highest BCUT2D eigenvalue weighted by atomic mass is 32.2. The minimum atomic E-state index is -3.38. The fourth-order valence-corrected chi connectivity index (χ4v) is 3.85. The smallest absolute Gasteiger partial charge is 0.240 e. The number of hydrogen-bond acceptors (Lipinski definition) is 3. The largest absolute Gasteiger partial charge is 0.310 e. The van der Waals surface area contributed by atoms with E-state index < -0.39 is 10.0 Å². The first-order chi connectivity index (χ1) is 9.47. The summed E-state index contributed by atoms with van der Waals surface area (Å²) in [5.74, 6) is 0. The van der Waals surface area contributed by atoms with Crippen LogP contribution in [0.1, 0.15) is 45.1 Å². The molecule has 1 aromatic carbocycles. The molecule has 4 nitrogen and oxygen atoms in total. The lowest BCUT2D eigenvalue weighted by molar-refractivity contribution is 0.551. The Hall–Kier alpha value is -0.910. The molecule has 0 amide bonds. The Morgan fingerprint density at radius 2 is 1.95 bits per heavy atom. The molecule has 0 bridgehead atoms. The van der Waals surface area contributed by atoms with Crippen LogP contribution >= 0.6 is 0 Å². The molecule has 0 heterocycles. The zero-order valence-electron chi connectivity index (χ0n) is 12.2. The fraction of sp³-hybridized carbons (Fsp3) is 0.600. The second-order valence-electron chi connectivity index (χ2n) is 5.79. The van der Waals surface area contributed by atoms with Gasteiger partial charge in [-0.1, -0.05) is 38.8 Å². The van der Waals surface area contributed by atoms with E-state index in [1.54, 1.807) is 18.2 Å². The topological polar surface area (TPSA) is 58.2 Å². The van der Waals surface area contributed by atoms with Crippen molar-refractivity contribution in [3.05, 3.63) is 29.8 Å². The molecule has 0 aromatic heterocycles. The van der Waals surface area contributed by atoms with Crippen molar-refractivity contribution in [3.63, 3.8) is 0 Å². The predicted molar refractivity (Wildman–Crippen MR) is 81.0 cm³/mol. The van der Waals surface area contributed by atoms with Crippen LogP contribution in [0.2, 0.25) is 0 Å². The van der Waals surface area contributed by atoms with Gasteiger partial charge < -0.3 is 5.32 Å². The zero-order valence-corrected chi connectivity index (χ0v) is 13.0. The van der Waals surface area contributed by atoms with Gasteiger partial charge in [-0.05, 0) is 30.5 Å². The Kier molecular flexibility index (Phi) is 5.18. The molecule has 5 heteroatoms. The highest BCUT2D eigenvalue weighted by molar-refractivity contribution is 7.89. The summed E-state index contributed by atoms with van der Waals surface area (Å²) in [6.07, 6.45) is 4.14. The summed E-state index contributed by atoms with van der Waals surface area (Å²) in [6.45, 7) is 4.83. The fourth-order valence-electron chi connectivity index (χ4n) is 2.48. The van der Waals surface area contributed by atoms with Gasteiger partial charge in [0.1, 0.15) is 0 Å². The summed E-state index contributed by atoms with van der Waals surface area (Å²) in [7, 11) is -3.38. The maximum Gasteiger partial charge on any atom is 0.240 e. The maximum absolute atomic E-state index is 12.3. The molecule has 0 saturated heterocycles. The molecular weight excluding hydrogens is 272 g/mol. The van der Waals surface area contributed by atoms with Crippen molar-refractivity contribution in [1.82, 2.24) is 10.0 Å². The Balaban J connectivity index is 2.08. The number of sulfonamides is 1. The Labute approximate surface area is 122 Å². The van der Waals surface area contributed by atoms with E-state index in [-0.39, 0.29) is 6.04 Å². The number of hydrogen-bond donors (Lipinski definition) is 2. The van der Waals surface area contributed by atoms with Gasteiger partial charge in [-0.15, -0.1) is 0 Å². The van der Waals surface area contributed by atoms with Crippen LogP contribution in [0.15, 0.2) is 29.2 Å². The van der Waals surface area contributed by atoms with E-state index >= 15 is 0 Å². The third-order valence-electron chi connectivity index (χ3n) is 3.60. The van der Waals surface area contributed by atoms with E-state index in [0.717, 1.165) is 31.2 Å². The average molecular weight is 296 g/mol. The van der Waals surface area contributed by atoms with Crippen molar-refractivity contribution in [3.8, 4) is 0 Å². The van der Waals surface area contributed by atoms with E-state index in [4.69, 9.17) is 0 Å². The second-order valence-corrected chi connectivity index (χ2v) is 7.50. The molecule has 1 aliphatic carbocycles. The normalized spacial score (nSPS) is 16.9. The van der Waals surface area contributed by atoms with Crippen LogP contribution in [-0.4, -0.2) is 20.5 Å². The molecule has 0 spiro atoms. The van der Waals surface area contributed by atoms with Crippen LogP contribution < -0.4 is 10.0 Å². The molecule has 2 N–H and O–H groups in total. The molecule has 1 aliphatic rings. The summed E-state index contributed by atoms with van der Waals surface area (Å²) in [6, 6.07) is 7.66. The van der Waals surface area contributed by atoms with Crippen molar-refractivity contribution in [2.75, 3.05) is 0 Å². The highest BCUT2D eigenvalue weighted by Crippen LogP contribution is 2.20. The van der Waals surface area contributed by atoms with Gasteiger partial charge in [0.2, 0.25) is 10.0 Å². The molecule has 1 aromatic rings. The maximum atomic E-state index is 12.3. The van der Waals surface area contributed by atoms with Gasteiger partial charge in [0, 0.05) is 18.6 Å². The van der Waals surface area contributed by atoms with Crippen molar-refractivity contribution in [2.24, 2.45) is 0 Å². The highest BCUT2D eigenvalue weighted by Gasteiger charge is 2.22. The van der Waals surface area contributed by atoms with E-state index in [1.165, 1.54) is 0 Å². The molecule has 0 atom stereocenters. The summed E-state index contributed by atoms with van der Waals surface area (Å²) >= 11 is 0. The minimum absolute atomic E-state index is 0.109. The van der Waals surface area contributed by atoms with Crippen LogP contribution in [0.5, 0.6) is 0 Å². The Morgan fingerprint density at radius 1 is 1.25 bits per heavy atom. The van der Waals surface area contributed by atoms with E-state index in [9.17, 15) is 8.42 Å². The van der Waals surface area contributed by atoms with Gasteiger partial charge in [-0.25, -0.2) is 13.1 Å². The third kappa shape index (κ3) is 4.30. The molecule has 112 valence electrons. The van der Waals surface area contributed by atoms with E-state index in [1.807, 2.05) is 6.07 Å². The SMILES string of the molecule is CC(C)NCc1cccc(S(=O)(=O)NC2CCCC2)c1. The molecule has 2 rings (SSSR count). The summed E-state index contributed by atoms with van der Waals surface area (Å²) in [5.41, 5.74) is 0.994. The number of nitrogens with one attached hydrogen (secondary N) is 2. The van der Waals surface area contributed by atoms with Gasteiger partial charge in [0.25, 0.3) is 0 Å². The predicted octanol–water partition coefficient (Wildman–Crippen LogP) is 2.41. The van der Waals surface area contributed by atoms with E-state index in [0.29, 0.717) is 17.5 Å². The Bertz CT molecular complexity index is 535. The van der Waals surface area contributed by atoms with Gasteiger partial charge in [0.15, 0.2) is 0 Å². The van der Waals surface area contributed by atoms with Gasteiger partial charge in [-0.3, -0.25) is 0 Å². The van der Waals surface area contributed by atoms with Crippen LogP contribution in [0, 0.1) is 0 Å². The van der Waals surface area contributed by atoms with Crippen molar-refractivity contribution >= 4 is 10.0 Å². The first-order valence-corrected chi connectivity index (χ1v) is 8.80. The molecular formula is C15H24N2O2S. The second kappa shape index (κ2) is 6.70. The summed E-state index contributed by atoms with van der Waals surface area (Å²) < 4.78 is 27.5. The number of rotatable bonds is 6. The monoisotopic (exact) mass is 296 g/mol. The summed E-state index contributed by atoms with van der Waals surface area (Å²) in [5, 5.41) is 3.30. The van der Waals surface area contributed by atoms with Crippen LogP contribution in [0.4, 0.5) is 0 Å². The molecule has 0 unspecified atom stereocenters. The van der Waals surface area contributed by atoms with Gasteiger partial charge in [0.05, 0.1) is 4.90 Å². The van der Waals surface area contributed by atoms with E-state index in [2.05, 4.69) is 23.9 Å². The summed E-state index contributed by atoms with van der Waals surface area (Å²) in [4.78, 5) is 0.368. The van der Waals surface area contributed by atoms with Crippen molar-refractivity contribution < 1.29 is 8.42 Å². The molecule has 20 heavy (non-hydrogen) atoms. The molecule has 1 fully saturated rings. The van der Waals surface area contributed by atoms with Crippen molar-refractivity contribution in [1.29, 1.82) is 0 Å². The third-order valence-corrected chi connectivity index (χ3v) is 5.12. The zero-order chi connectivity index (χ0) is 14.6. The lowest BCUT2D eigenvalue weighted by Gasteiger charge is -2.14. The number of benzene rings is 1. The minimum Gasteiger partial charge on any atom is -0.310 e. The standard InChI is InChI=1S/C15H24N2O2S/c1-12(2)16-11-13-6-5-9-15(10-13)20(18,19)17-14-7-3-4-8-14/h5-6,9-10,12,14,16-17H,3-4,7-8,11H2,1-2H3.